The van der Waals surface area contributed by atoms with Gasteiger partial charge in [-0.3, -0.25) is 4.55 Å². The minimum atomic E-state index is -4.72. The number of fused-ring (bicyclic) bond motifs is 8. The zero-order valence-corrected chi connectivity index (χ0v) is 53.9. The van der Waals surface area contributed by atoms with Gasteiger partial charge in [0.1, 0.15) is 17.6 Å². The number of hydrogen-bond donors (Lipinski definition) is 8. The first-order chi connectivity index (χ1) is 44.9. The molecule has 1 saturated heterocycles. The SMILES string of the molecule is CNCc1cc2c3c(cccc3c1)C=CC2C(O)c1ccc(C2CCCC(O)(C(Cc3ccccc3)CC3(N=C(N)N)Oc4ccc5c(c4)CCC(C)C5CC(S(=O)(=O)O)C4C=C5CC(CC6CC(CO)CC#Cc7cc(O)ccc7C5O6)C4c4ccc3cc4)C2)cc1. The maximum absolute atomic E-state index is 14.6. The van der Waals surface area contributed by atoms with Gasteiger partial charge in [-0.2, -0.15) is 8.42 Å². The molecule has 5 heterocycles. The van der Waals surface area contributed by atoms with E-state index in [-0.39, 0.29) is 72.8 Å². The molecule has 16 rings (SSSR count). The Morgan fingerprint density at radius 3 is 2.43 bits per heavy atom. The van der Waals surface area contributed by atoms with Gasteiger partial charge in [-0.05, 0) is 216 Å². The van der Waals surface area contributed by atoms with E-state index in [0.717, 1.165) is 86.8 Å². The number of guanidine groups is 1. The maximum atomic E-state index is 14.6. The normalized spacial score (nSPS) is 29.3. The molecule has 7 aromatic rings. The number of hydrogen-bond acceptors (Lipinski definition) is 10. The van der Waals surface area contributed by atoms with Gasteiger partial charge in [0.05, 0.1) is 23.1 Å². The Balaban J connectivity index is 0.855. The standard InChI is InChI=1S/C79H86N4O9S/c1-47-16-17-56-39-64-28-31-66(56)69(47)42-72(93(88,89)90)71-41-60-37-59(40-65-35-49(46-84)11-6-13-55-38-63(85)27-30-67(55)76(60)91-65)74(71)53-22-25-61(26-23-53)79(92-64,83-77(80)81)44-62(34-48-9-4-3-5-10-48)78(87)32-8-15-58(43-78)51-18-20-54(21-19-51)75(86)68-29-24-52-12-7-14-57-33-50(45-82-2)36-70(68)73(52)57/h3-5,7,9-10,12,14,18-31,33,36,38-39,41,47,49,58-59,62,65,68-69,71-72,74-76,82,84-87H,8,11,15-17,32,34-35,37,40,42-46H2,1-2H3,(H4,80,81,83)(H,88,89,90). The highest BCUT2D eigenvalue weighted by Crippen LogP contribution is 2.56. The zero-order valence-electron chi connectivity index (χ0n) is 53.1. The summed E-state index contributed by atoms with van der Waals surface area (Å²) in [6, 6.07) is 48.8. The number of aryl methyl sites for hydroxylation is 1. The summed E-state index contributed by atoms with van der Waals surface area (Å²) >= 11 is 0. The highest BCUT2D eigenvalue weighted by atomic mass is 32.2. The van der Waals surface area contributed by atoms with Crippen molar-refractivity contribution in [1.29, 1.82) is 0 Å². The predicted molar refractivity (Wildman–Crippen MR) is 365 cm³/mol. The van der Waals surface area contributed by atoms with Crippen molar-refractivity contribution in [3.8, 4) is 23.3 Å². The molecule has 0 spiro atoms. The van der Waals surface area contributed by atoms with Crippen molar-refractivity contribution in [3.05, 3.63) is 230 Å². The first kappa shape index (κ1) is 62.8. The molecule has 7 aromatic carbocycles. The molecule has 2 fully saturated rings. The van der Waals surface area contributed by atoms with Gasteiger partial charge in [0.25, 0.3) is 10.1 Å². The Labute approximate surface area is 546 Å². The average Bonchev–Trinajstić information content (AvgIpc) is 1.75. The Hall–Kier alpha value is -7.58. The van der Waals surface area contributed by atoms with Crippen molar-refractivity contribution in [2.24, 2.45) is 46.0 Å². The summed E-state index contributed by atoms with van der Waals surface area (Å²) in [5.74, 6) is 4.60. The summed E-state index contributed by atoms with van der Waals surface area (Å²) in [5, 5.41) is 52.1. The quantitative estimate of drug-likeness (QED) is 0.0177. The molecule has 10 N–H and O–H groups in total. The number of nitrogens with two attached hydrogens (primary N) is 2. The van der Waals surface area contributed by atoms with Crippen LogP contribution in [0.4, 0.5) is 0 Å². The number of phenols is 1. The van der Waals surface area contributed by atoms with E-state index in [0.29, 0.717) is 68.2 Å². The molecule has 5 aliphatic heterocycles. The smallest absolute Gasteiger partial charge is 0.268 e. The average molecular weight is 1270 g/mol. The van der Waals surface area contributed by atoms with Gasteiger partial charge in [0.2, 0.25) is 5.72 Å². The lowest BCUT2D eigenvalue weighted by Crippen LogP contribution is -2.48. The second-order valence-corrected chi connectivity index (χ2v) is 29.8. The number of nitrogens with one attached hydrogen (secondary N) is 1. The van der Waals surface area contributed by atoms with Crippen LogP contribution in [0, 0.1) is 41.4 Å². The van der Waals surface area contributed by atoms with Crippen molar-refractivity contribution < 1.29 is 42.9 Å². The lowest BCUT2D eigenvalue weighted by molar-refractivity contribution is -0.0834. The van der Waals surface area contributed by atoms with Crippen LogP contribution in [0.2, 0.25) is 0 Å². The highest BCUT2D eigenvalue weighted by Gasteiger charge is 2.51. The lowest BCUT2D eigenvalue weighted by Gasteiger charge is -2.46. The fourth-order valence-electron chi connectivity index (χ4n) is 17.9. The van der Waals surface area contributed by atoms with Crippen LogP contribution < -0.4 is 21.5 Å². The largest absolute Gasteiger partial charge is 0.508 e. The van der Waals surface area contributed by atoms with Crippen molar-refractivity contribution in [1.82, 2.24) is 5.32 Å². The topological polar surface area (TPSA) is 230 Å². The third kappa shape index (κ3) is 12.5. The third-order valence-electron chi connectivity index (χ3n) is 22.3. The van der Waals surface area contributed by atoms with Crippen LogP contribution in [0.5, 0.6) is 11.5 Å². The van der Waals surface area contributed by atoms with Crippen molar-refractivity contribution >= 4 is 32.9 Å². The minimum absolute atomic E-state index is 0.0113. The summed E-state index contributed by atoms with van der Waals surface area (Å²) in [6.45, 7) is 2.81. The van der Waals surface area contributed by atoms with Crippen LogP contribution in [-0.2, 0) is 40.0 Å². The summed E-state index contributed by atoms with van der Waals surface area (Å²) < 4.78 is 55.7. The highest BCUT2D eigenvalue weighted by molar-refractivity contribution is 7.86. The van der Waals surface area contributed by atoms with Gasteiger partial charge in [-0.1, -0.05) is 152 Å². The maximum Gasteiger partial charge on any atom is 0.268 e. The van der Waals surface area contributed by atoms with E-state index in [2.05, 4.69) is 133 Å². The molecular formula is C79H86N4O9S. The fraction of sp³-hybridized carbons (Fsp3) is 0.405. The van der Waals surface area contributed by atoms with Gasteiger partial charge < -0.3 is 46.7 Å². The van der Waals surface area contributed by atoms with E-state index >= 15 is 0 Å². The summed E-state index contributed by atoms with van der Waals surface area (Å²) in [7, 11) is -2.77. The Morgan fingerprint density at radius 1 is 0.860 bits per heavy atom. The van der Waals surface area contributed by atoms with Crippen LogP contribution in [0.3, 0.4) is 0 Å². The molecule has 482 valence electrons. The van der Waals surface area contributed by atoms with E-state index < -0.39 is 56.7 Å². The number of nitrogens with zero attached hydrogens (tertiary/aromatic N) is 1. The summed E-state index contributed by atoms with van der Waals surface area (Å²) in [6.07, 6.45) is 11.6. The van der Waals surface area contributed by atoms with Gasteiger partial charge >= 0.3 is 0 Å². The second-order valence-electron chi connectivity index (χ2n) is 28.2. The number of aromatic hydroxyl groups is 1. The summed E-state index contributed by atoms with van der Waals surface area (Å²) in [5.41, 5.74) is 22.7. The van der Waals surface area contributed by atoms with E-state index in [1.54, 1.807) is 12.1 Å². The number of aliphatic imine (C=N–C) groups is 1. The number of aliphatic hydroxyl groups excluding tert-OH is 2. The molecule has 93 heavy (non-hydrogen) atoms. The third-order valence-corrected chi connectivity index (χ3v) is 23.6. The fourth-order valence-corrected chi connectivity index (χ4v) is 19.0. The van der Waals surface area contributed by atoms with Crippen LogP contribution in [0.15, 0.2) is 168 Å². The Bertz CT molecular complexity index is 4210. The van der Waals surface area contributed by atoms with Crippen LogP contribution in [0.25, 0.3) is 16.8 Å². The molecule has 1 saturated carbocycles. The lowest BCUT2D eigenvalue weighted by atomic mass is 9.64. The minimum Gasteiger partial charge on any atom is -0.508 e. The Morgan fingerprint density at radius 2 is 1.66 bits per heavy atom. The van der Waals surface area contributed by atoms with E-state index in [1.165, 1.54) is 10.9 Å². The Kier molecular flexibility index (Phi) is 17.3. The monoisotopic (exact) mass is 1270 g/mol. The van der Waals surface area contributed by atoms with Crippen LogP contribution in [0.1, 0.15) is 180 Å². The number of phenolic OH excluding ortho intramolecular Hbond substituents is 1. The molecule has 0 radical (unpaired) electrons. The first-order valence-electron chi connectivity index (χ1n) is 33.6. The van der Waals surface area contributed by atoms with E-state index in [4.69, 9.17) is 25.9 Å². The summed E-state index contributed by atoms with van der Waals surface area (Å²) in [4.78, 5) is 5.21. The predicted octanol–water partition coefficient (Wildman–Crippen LogP) is 13.2. The molecule has 14 heteroatoms. The van der Waals surface area contributed by atoms with Gasteiger partial charge in [-0.25, -0.2) is 4.99 Å². The number of ether oxygens (including phenoxy) is 2. The molecule has 0 aromatic heterocycles. The molecule has 9 aliphatic rings. The van der Waals surface area contributed by atoms with Crippen LogP contribution >= 0.6 is 0 Å². The van der Waals surface area contributed by atoms with Gasteiger partial charge in [0.15, 0.2) is 5.96 Å². The van der Waals surface area contributed by atoms with E-state index in [9.17, 15) is 33.4 Å². The molecule has 13 nitrogen and oxygen atoms in total. The van der Waals surface area contributed by atoms with Crippen LogP contribution in [-0.4, -0.2) is 70.0 Å². The molecule has 0 amide bonds. The molecule has 15 unspecified atom stereocenters. The number of aliphatic hydroxyl groups is 3. The second kappa shape index (κ2) is 25.6. The number of benzene rings is 7. The molecule has 4 aliphatic carbocycles. The zero-order chi connectivity index (χ0) is 64.3. The molecule has 10 bridgehead atoms. The van der Waals surface area contributed by atoms with Gasteiger partial charge in [-0.15, -0.1) is 0 Å². The first-order valence-corrected chi connectivity index (χ1v) is 35.1. The van der Waals surface area contributed by atoms with Crippen molar-refractivity contribution in [2.45, 2.75) is 155 Å². The van der Waals surface area contributed by atoms with Crippen molar-refractivity contribution in [2.75, 3.05) is 13.7 Å². The van der Waals surface area contributed by atoms with E-state index in [1.807, 2.05) is 49.5 Å². The number of rotatable bonds is 13. The van der Waals surface area contributed by atoms with Gasteiger partial charge in [0, 0.05) is 54.5 Å². The molecular weight excluding hydrogens is 1180 g/mol. The van der Waals surface area contributed by atoms with Crippen molar-refractivity contribution in [3.63, 3.8) is 0 Å². The number of allylic oxidation sites excluding steroid dienone is 1. The molecule has 15 atom stereocenters.